The Hall–Kier alpha value is -0.0800. The van der Waals surface area contributed by atoms with Gasteiger partial charge in [-0.15, -0.1) is 0 Å². The van der Waals surface area contributed by atoms with Crippen LogP contribution >= 0.6 is 0 Å². The standard InChI is InChI=1S/C14H28N2/c1-11(10-15-3)12(2)16-9-8-13-6-4-5-7-14(13)16/h11-15H,4-10H2,1-3H3. The minimum absolute atomic E-state index is 0.751. The fourth-order valence-corrected chi connectivity index (χ4v) is 3.77. The van der Waals surface area contributed by atoms with E-state index in [1.807, 2.05) is 0 Å². The summed E-state index contributed by atoms with van der Waals surface area (Å²) in [4.78, 5) is 2.81. The van der Waals surface area contributed by atoms with Crippen LogP contribution in [0, 0.1) is 11.8 Å². The molecular weight excluding hydrogens is 196 g/mol. The van der Waals surface area contributed by atoms with E-state index >= 15 is 0 Å². The van der Waals surface area contributed by atoms with E-state index in [1.165, 1.54) is 38.6 Å². The molecule has 0 aromatic rings. The lowest BCUT2D eigenvalue weighted by atomic mass is 9.84. The highest BCUT2D eigenvalue weighted by molar-refractivity contribution is 4.93. The summed E-state index contributed by atoms with van der Waals surface area (Å²) in [5.74, 6) is 1.80. The maximum absolute atomic E-state index is 3.32. The first-order chi connectivity index (χ1) is 7.74. The molecule has 2 aliphatic rings. The van der Waals surface area contributed by atoms with Crippen LogP contribution in [0.25, 0.3) is 0 Å². The monoisotopic (exact) mass is 224 g/mol. The molecule has 0 spiro atoms. The van der Waals surface area contributed by atoms with E-state index in [9.17, 15) is 0 Å². The first-order valence-corrected chi connectivity index (χ1v) is 7.14. The Morgan fingerprint density at radius 2 is 1.94 bits per heavy atom. The van der Waals surface area contributed by atoms with E-state index in [-0.39, 0.29) is 0 Å². The predicted molar refractivity (Wildman–Crippen MR) is 69.6 cm³/mol. The molecule has 0 aromatic carbocycles. The molecule has 0 amide bonds. The molecule has 16 heavy (non-hydrogen) atoms. The van der Waals surface area contributed by atoms with Crippen LogP contribution in [0.2, 0.25) is 0 Å². The van der Waals surface area contributed by atoms with Crippen molar-refractivity contribution in [1.29, 1.82) is 0 Å². The molecule has 0 radical (unpaired) electrons. The van der Waals surface area contributed by atoms with Crippen molar-refractivity contribution in [3.8, 4) is 0 Å². The molecule has 4 atom stereocenters. The number of fused-ring (bicyclic) bond motifs is 1. The maximum atomic E-state index is 3.32. The van der Waals surface area contributed by atoms with E-state index in [0.717, 1.165) is 30.5 Å². The first-order valence-electron chi connectivity index (χ1n) is 7.14. The van der Waals surface area contributed by atoms with Crippen molar-refractivity contribution < 1.29 is 0 Å². The Morgan fingerprint density at radius 3 is 2.69 bits per heavy atom. The molecule has 4 unspecified atom stereocenters. The van der Waals surface area contributed by atoms with E-state index in [4.69, 9.17) is 0 Å². The summed E-state index contributed by atoms with van der Waals surface area (Å²) in [7, 11) is 2.07. The first kappa shape index (κ1) is 12.4. The van der Waals surface area contributed by atoms with Crippen molar-refractivity contribution >= 4 is 0 Å². The number of nitrogens with one attached hydrogen (secondary N) is 1. The number of hydrogen-bond acceptors (Lipinski definition) is 2. The quantitative estimate of drug-likeness (QED) is 0.789. The van der Waals surface area contributed by atoms with Crippen molar-refractivity contribution in [2.75, 3.05) is 20.1 Å². The van der Waals surface area contributed by atoms with Crippen LogP contribution < -0.4 is 5.32 Å². The van der Waals surface area contributed by atoms with Gasteiger partial charge in [-0.25, -0.2) is 0 Å². The van der Waals surface area contributed by atoms with Crippen molar-refractivity contribution in [3.63, 3.8) is 0 Å². The zero-order valence-electron chi connectivity index (χ0n) is 11.2. The Bertz CT molecular complexity index is 217. The molecule has 2 fully saturated rings. The average molecular weight is 224 g/mol. The minimum atomic E-state index is 0.751. The molecule has 94 valence electrons. The SMILES string of the molecule is CNCC(C)C(C)N1CCC2CCCCC21. The second kappa shape index (κ2) is 5.50. The predicted octanol–water partition coefficient (Wildman–Crippen LogP) is 2.49. The number of hydrogen-bond donors (Lipinski definition) is 1. The largest absolute Gasteiger partial charge is 0.319 e. The van der Waals surface area contributed by atoms with Gasteiger partial charge in [0, 0.05) is 12.1 Å². The van der Waals surface area contributed by atoms with E-state index in [0.29, 0.717) is 0 Å². The molecule has 1 aliphatic carbocycles. The van der Waals surface area contributed by atoms with Crippen molar-refractivity contribution in [3.05, 3.63) is 0 Å². The Labute approximate surface area is 101 Å². The molecule has 1 saturated heterocycles. The topological polar surface area (TPSA) is 15.3 Å². The van der Waals surface area contributed by atoms with Crippen LogP contribution in [-0.2, 0) is 0 Å². The molecule has 2 rings (SSSR count). The Morgan fingerprint density at radius 1 is 1.19 bits per heavy atom. The third-order valence-electron chi connectivity index (χ3n) is 4.93. The van der Waals surface area contributed by atoms with Gasteiger partial charge in [0.15, 0.2) is 0 Å². The van der Waals surface area contributed by atoms with Crippen LogP contribution in [0.4, 0.5) is 0 Å². The van der Waals surface area contributed by atoms with E-state index in [2.05, 4.69) is 31.1 Å². The van der Waals surface area contributed by atoms with Crippen molar-refractivity contribution in [2.45, 2.75) is 58.0 Å². The van der Waals surface area contributed by atoms with Gasteiger partial charge in [0.05, 0.1) is 0 Å². The molecule has 2 heteroatoms. The van der Waals surface area contributed by atoms with Gasteiger partial charge in [-0.05, 0) is 58.2 Å². The third kappa shape index (κ3) is 2.43. The van der Waals surface area contributed by atoms with E-state index < -0.39 is 0 Å². The summed E-state index contributed by atoms with van der Waals surface area (Å²) in [6.07, 6.45) is 7.36. The lowest BCUT2D eigenvalue weighted by Crippen LogP contribution is -2.45. The van der Waals surface area contributed by atoms with Crippen molar-refractivity contribution in [2.24, 2.45) is 11.8 Å². The Kier molecular flexibility index (Phi) is 4.26. The molecule has 0 aromatic heterocycles. The molecule has 0 bridgehead atoms. The summed E-state index contributed by atoms with van der Waals surface area (Å²) >= 11 is 0. The highest BCUT2D eigenvalue weighted by Crippen LogP contribution is 2.38. The zero-order chi connectivity index (χ0) is 11.5. The molecule has 1 N–H and O–H groups in total. The second-order valence-electron chi connectivity index (χ2n) is 5.91. The van der Waals surface area contributed by atoms with Gasteiger partial charge in [0.25, 0.3) is 0 Å². The van der Waals surface area contributed by atoms with Crippen LogP contribution in [0.15, 0.2) is 0 Å². The second-order valence-corrected chi connectivity index (χ2v) is 5.91. The summed E-state index contributed by atoms with van der Waals surface area (Å²) < 4.78 is 0. The molecular formula is C14H28N2. The molecule has 2 nitrogen and oxygen atoms in total. The summed E-state index contributed by atoms with van der Waals surface area (Å²) in [6.45, 7) is 7.32. The number of rotatable bonds is 4. The zero-order valence-corrected chi connectivity index (χ0v) is 11.2. The molecule has 1 heterocycles. The molecule has 1 saturated carbocycles. The lowest BCUT2D eigenvalue weighted by molar-refractivity contribution is 0.110. The van der Waals surface area contributed by atoms with Crippen LogP contribution in [0.3, 0.4) is 0 Å². The van der Waals surface area contributed by atoms with Crippen LogP contribution in [-0.4, -0.2) is 37.1 Å². The highest BCUT2D eigenvalue weighted by Gasteiger charge is 2.38. The fraction of sp³-hybridized carbons (Fsp3) is 1.00. The van der Waals surface area contributed by atoms with Gasteiger partial charge in [-0.2, -0.15) is 0 Å². The lowest BCUT2D eigenvalue weighted by Gasteiger charge is -2.38. The highest BCUT2D eigenvalue weighted by atomic mass is 15.2. The number of likely N-dealkylation sites (tertiary alicyclic amines) is 1. The average Bonchev–Trinajstić information content (AvgIpc) is 2.72. The minimum Gasteiger partial charge on any atom is -0.319 e. The number of nitrogens with zero attached hydrogens (tertiary/aromatic N) is 1. The smallest absolute Gasteiger partial charge is 0.0127 e. The Balaban J connectivity index is 1.93. The molecule has 1 aliphatic heterocycles. The van der Waals surface area contributed by atoms with Gasteiger partial charge < -0.3 is 5.32 Å². The third-order valence-corrected chi connectivity index (χ3v) is 4.93. The van der Waals surface area contributed by atoms with Gasteiger partial charge >= 0.3 is 0 Å². The summed E-state index contributed by atoms with van der Waals surface area (Å²) in [5.41, 5.74) is 0. The summed E-state index contributed by atoms with van der Waals surface area (Å²) in [6, 6.07) is 1.67. The van der Waals surface area contributed by atoms with E-state index in [1.54, 1.807) is 0 Å². The fourth-order valence-electron chi connectivity index (χ4n) is 3.77. The van der Waals surface area contributed by atoms with Gasteiger partial charge in [0.1, 0.15) is 0 Å². The van der Waals surface area contributed by atoms with Crippen molar-refractivity contribution in [1.82, 2.24) is 10.2 Å². The summed E-state index contributed by atoms with van der Waals surface area (Å²) in [5, 5.41) is 3.32. The van der Waals surface area contributed by atoms with Gasteiger partial charge in [-0.3, -0.25) is 4.90 Å². The maximum Gasteiger partial charge on any atom is 0.0127 e. The van der Waals surface area contributed by atoms with Gasteiger partial charge in [-0.1, -0.05) is 19.8 Å². The van der Waals surface area contributed by atoms with Gasteiger partial charge in [0.2, 0.25) is 0 Å². The van der Waals surface area contributed by atoms with Crippen LogP contribution in [0.1, 0.15) is 46.0 Å². The normalized spacial score (nSPS) is 34.7. The van der Waals surface area contributed by atoms with Crippen LogP contribution in [0.5, 0.6) is 0 Å².